The van der Waals surface area contributed by atoms with Gasteiger partial charge in [-0.2, -0.15) is 0 Å². The summed E-state index contributed by atoms with van der Waals surface area (Å²) >= 11 is 0. The van der Waals surface area contributed by atoms with Gasteiger partial charge >= 0.3 is 5.97 Å². The molecule has 0 aromatic rings. The second kappa shape index (κ2) is 6.87. The predicted molar refractivity (Wildman–Crippen MR) is 74.3 cm³/mol. The lowest BCUT2D eigenvalue weighted by molar-refractivity contribution is -0.141. The number of alkyl halides is 1. The minimum atomic E-state index is -1.21. The van der Waals surface area contributed by atoms with E-state index in [0.717, 1.165) is 0 Å². The standard InChI is InChI=1S/C14H23FN2O4/c1-8(11(18)17-9(2)13(20)21)16-12(19)10-4-6-14(3,15)7-5-10/h8-10H,4-7H2,1-3H3,(H,16,19)(H,17,18)(H,20,21)/t8-,9-,10?,14?/m0/s1. The molecule has 1 fully saturated rings. The number of amides is 2. The number of carboxylic acid groups (broad SMARTS) is 1. The Balaban J connectivity index is 2.44. The number of nitrogens with one attached hydrogen (secondary N) is 2. The normalized spacial score (nSPS) is 28.3. The van der Waals surface area contributed by atoms with Crippen molar-refractivity contribution < 1.29 is 23.9 Å². The first-order valence-electron chi connectivity index (χ1n) is 7.15. The molecule has 0 unspecified atom stereocenters. The van der Waals surface area contributed by atoms with Crippen LogP contribution in [0.3, 0.4) is 0 Å². The molecule has 0 radical (unpaired) electrons. The maximum absolute atomic E-state index is 13.7. The van der Waals surface area contributed by atoms with E-state index in [1.807, 2.05) is 0 Å². The summed E-state index contributed by atoms with van der Waals surface area (Å²) in [7, 11) is 0. The maximum Gasteiger partial charge on any atom is 0.325 e. The summed E-state index contributed by atoms with van der Waals surface area (Å²) in [5.74, 6) is -2.27. The highest BCUT2D eigenvalue weighted by molar-refractivity contribution is 5.90. The summed E-state index contributed by atoms with van der Waals surface area (Å²) in [5.41, 5.74) is -1.21. The van der Waals surface area contributed by atoms with E-state index in [1.54, 1.807) is 0 Å². The fourth-order valence-electron chi connectivity index (χ4n) is 2.28. The van der Waals surface area contributed by atoms with Crippen molar-refractivity contribution in [3.05, 3.63) is 0 Å². The quantitative estimate of drug-likeness (QED) is 0.706. The first-order chi connectivity index (χ1) is 9.62. The van der Waals surface area contributed by atoms with Crippen LogP contribution >= 0.6 is 0 Å². The summed E-state index contributed by atoms with van der Waals surface area (Å²) in [6.45, 7) is 4.37. The van der Waals surface area contributed by atoms with E-state index < -0.39 is 29.6 Å². The molecule has 1 aliphatic rings. The molecule has 0 aliphatic heterocycles. The van der Waals surface area contributed by atoms with Crippen molar-refractivity contribution in [1.29, 1.82) is 0 Å². The lowest BCUT2D eigenvalue weighted by Gasteiger charge is -2.30. The third kappa shape index (κ3) is 5.32. The zero-order valence-electron chi connectivity index (χ0n) is 12.6. The van der Waals surface area contributed by atoms with Crippen LogP contribution < -0.4 is 10.6 Å². The first-order valence-corrected chi connectivity index (χ1v) is 7.15. The molecule has 1 rings (SSSR count). The van der Waals surface area contributed by atoms with Gasteiger partial charge in [-0.25, -0.2) is 4.39 Å². The van der Waals surface area contributed by atoms with Crippen molar-refractivity contribution in [3.8, 4) is 0 Å². The largest absolute Gasteiger partial charge is 0.480 e. The Hall–Kier alpha value is -1.66. The highest BCUT2D eigenvalue weighted by atomic mass is 19.1. The van der Waals surface area contributed by atoms with Gasteiger partial charge in [0.25, 0.3) is 0 Å². The van der Waals surface area contributed by atoms with Crippen LogP contribution in [0.1, 0.15) is 46.5 Å². The molecule has 2 amide bonds. The number of halogens is 1. The number of carbonyl (C=O) groups is 3. The van der Waals surface area contributed by atoms with Gasteiger partial charge in [-0.1, -0.05) is 0 Å². The molecule has 6 nitrogen and oxygen atoms in total. The summed E-state index contributed by atoms with van der Waals surface area (Å²) in [5, 5.41) is 13.6. The SMILES string of the molecule is C[C@H](NC(=O)[C@H](C)NC(=O)C1CCC(C)(F)CC1)C(=O)O. The molecule has 0 bridgehead atoms. The second-order valence-corrected chi connectivity index (χ2v) is 5.99. The van der Waals surface area contributed by atoms with Crippen LogP contribution in [0.2, 0.25) is 0 Å². The van der Waals surface area contributed by atoms with Crippen molar-refractivity contribution in [2.75, 3.05) is 0 Å². The van der Waals surface area contributed by atoms with Crippen molar-refractivity contribution in [2.24, 2.45) is 5.92 Å². The molecule has 1 saturated carbocycles. The van der Waals surface area contributed by atoms with Crippen LogP contribution in [0.25, 0.3) is 0 Å². The minimum absolute atomic E-state index is 0.281. The molecule has 120 valence electrons. The fourth-order valence-corrected chi connectivity index (χ4v) is 2.28. The molecule has 7 heteroatoms. The van der Waals surface area contributed by atoms with Gasteiger partial charge in [-0.15, -0.1) is 0 Å². The van der Waals surface area contributed by atoms with Gasteiger partial charge < -0.3 is 15.7 Å². The monoisotopic (exact) mass is 302 g/mol. The Bertz CT molecular complexity index is 415. The van der Waals surface area contributed by atoms with Crippen LogP contribution in [0.5, 0.6) is 0 Å². The highest BCUT2D eigenvalue weighted by Crippen LogP contribution is 2.34. The van der Waals surface area contributed by atoms with E-state index in [4.69, 9.17) is 5.11 Å². The van der Waals surface area contributed by atoms with Gasteiger partial charge in [0.2, 0.25) is 11.8 Å². The molecule has 2 atom stereocenters. The van der Waals surface area contributed by atoms with Gasteiger partial charge in [0.05, 0.1) is 0 Å². The van der Waals surface area contributed by atoms with E-state index in [0.29, 0.717) is 25.7 Å². The average Bonchev–Trinajstić information content (AvgIpc) is 2.37. The number of aliphatic carboxylic acids is 1. The highest BCUT2D eigenvalue weighted by Gasteiger charge is 2.34. The number of rotatable bonds is 5. The third-order valence-corrected chi connectivity index (χ3v) is 3.88. The Kier molecular flexibility index (Phi) is 5.69. The molecule has 1 aliphatic carbocycles. The van der Waals surface area contributed by atoms with E-state index >= 15 is 0 Å². The van der Waals surface area contributed by atoms with Gasteiger partial charge in [-0.05, 0) is 46.5 Å². The minimum Gasteiger partial charge on any atom is -0.480 e. The molecular weight excluding hydrogens is 279 g/mol. The molecule has 3 N–H and O–H groups in total. The van der Waals surface area contributed by atoms with E-state index in [1.165, 1.54) is 20.8 Å². The molecule has 0 aromatic carbocycles. The van der Waals surface area contributed by atoms with Crippen molar-refractivity contribution in [3.63, 3.8) is 0 Å². The number of carboxylic acids is 1. The van der Waals surface area contributed by atoms with E-state index in [-0.39, 0.29) is 11.8 Å². The van der Waals surface area contributed by atoms with Gasteiger partial charge in [0.15, 0.2) is 0 Å². The Morgan fingerprint density at radius 1 is 1.14 bits per heavy atom. The van der Waals surface area contributed by atoms with E-state index in [9.17, 15) is 18.8 Å². The Morgan fingerprint density at radius 3 is 2.14 bits per heavy atom. The second-order valence-electron chi connectivity index (χ2n) is 5.99. The zero-order chi connectivity index (χ0) is 16.2. The molecule has 21 heavy (non-hydrogen) atoms. The number of hydrogen-bond acceptors (Lipinski definition) is 3. The van der Waals surface area contributed by atoms with Crippen LogP contribution in [-0.2, 0) is 14.4 Å². The zero-order valence-corrected chi connectivity index (χ0v) is 12.6. The molecule has 0 saturated heterocycles. The first kappa shape index (κ1) is 17.4. The fraction of sp³-hybridized carbons (Fsp3) is 0.786. The van der Waals surface area contributed by atoms with Crippen LogP contribution in [0.15, 0.2) is 0 Å². The summed E-state index contributed by atoms with van der Waals surface area (Å²) < 4.78 is 13.7. The van der Waals surface area contributed by atoms with Crippen molar-refractivity contribution >= 4 is 17.8 Å². The van der Waals surface area contributed by atoms with Crippen LogP contribution in [0, 0.1) is 5.92 Å². The number of carbonyl (C=O) groups excluding carboxylic acids is 2. The third-order valence-electron chi connectivity index (χ3n) is 3.88. The van der Waals surface area contributed by atoms with Crippen LogP contribution in [-0.4, -0.2) is 40.6 Å². The topological polar surface area (TPSA) is 95.5 Å². The summed E-state index contributed by atoms with van der Waals surface area (Å²) in [6.07, 6.45) is 1.58. The average molecular weight is 302 g/mol. The van der Waals surface area contributed by atoms with Gasteiger partial charge in [0.1, 0.15) is 17.8 Å². The van der Waals surface area contributed by atoms with Crippen molar-refractivity contribution in [1.82, 2.24) is 10.6 Å². The lowest BCUT2D eigenvalue weighted by atomic mass is 9.80. The van der Waals surface area contributed by atoms with Crippen molar-refractivity contribution in [2.45, 2.75) is 64.2 Å². The number of hydrogen-bond donors (Lipinski definition) is 3. The maximum atomic E-state index is 13.7. The molecular formula is C14H23FN2O4. The van der Waals surface area contributed by atoms with Crippen LogP contribution in [0.4, 0.5) is 4.39 Å². The smallest absolute Gasteiger partial charge is 0.325 e. The predicted octanol–water partition coefficient (Wildman–Crippen LogP) is 0.999. The Morgan fingerprint density at radius 2 is 1.67 bits per heavy atom. The van der Waals surface area contributed by atoms with E-state index in [2.05, 4.69) is 10.6 Å². The summed E-state index contributed by atoms with van der Waals surface area (Å²) in [6, 6.07) is -1.84. The van der Waals surface area contributed by atoms with Gasteiger partial charge in [-0.3, -0.25) is 14.4 Å². The van der Waals surface area contributed by atoms with Gasteiger partial charge in [0, 0.05) is 5.92 Å². The lowest BCUT2D eigenvalue weighted by Crippen LogP contribution is -2.50. The summed E-state index contributed by atoms with van der Waals surface area (Å²) in [4.78, 5) is 34.4. The molecule has 0 aromatic heterocycles. The Labute approximate surface area is 123 Å². The molecule has 0 spiro atoms. The molecule has 0 heterocycles.